The summed E-state index contributed by atoms with van der Waals surface area (Å²) < 4.78 is 2.30. The van der Waals surface area contributed by atoms with Crippen molar-refractivity contribution >= 4 is 45.2 Å². The Labute approximate surface area is 204 Å². The summed E-state index contributed by atoms with van der Waals surface area (Å²) >= 11 is 1.40. The molecule has 2 aromatic heterocycles. The monoisotopic (exact) mass is 468 g/mol. The summed E-state index contributed by atoms with van der Waals surface area (Å²) in [5.74, 6) is -0.0607. The van der Waals surface area contributed by atoms with E-state index in [1.165, 1.54) is 33.7 Å². The highest BCUT2D eigenvalue weighted by Crippen LogP contribution is 2.33. The zero-order valence-electron chi connectivity index (χ0n) is 19.6. The predicted molar refractivity (Wildman–Crippen MR) is 139 cm³/mol. The number of aromatic nitrogens is 2. The molecule has 34 heavy (non-hydrogen) atoms. The maximum absolute atomic E-state index is 13.2. The van der Waals surface area contributed by atoms with Crippen LogP contribution in [0, 0.1) is 11.3 Å². The van der Waals surface area contributed by atoms with E-state index in [0.717, 1.165) is 49.0 Å². The van der Waals surface area contributed by atoms with Crippen molar-refractivity contribution in [3.63, 3.8) is 0 Å². The fourth-order valence-electron chi connectivity index (χ4n) is 4.94. The molecule has 172 valence electrons. The number of carbonyl (C=O) groups excluding carboxylic acids is 1. The number of pyridine rings is 1. The van der Waals surface area contributed by atoms with Crippen molar-refractivity contribution in [3.05, 3.63) is 65.4 Å². The van der Waals surface area contributed by atoms with Gasteiger partial charge in [0.2, 0.25) is 5.91 Å². The molecule has 5 nitrogen and oxygen atoms in total. The lowest BCUT2D eigenvalue weighted by molar-refractivity contribution is -0.115. The molecule has 1 unspecified atom stereocenters. The molecule has 0 aliphatic heterocycles. The largest absolute Gasteiger partial charge is 0.341 e. The maximum Gasteiger partial charge on any atom is 0.237 e. The number of anilines is 1. The number of amides is 1. The molecule has 0 spiro atoms. The summed E-state index contributed by atoms with van der Waals surface area (Å²) in [6.45, 7) is 5.04. The van der Waals surface area contributed by atoms with Gasteiger partial charge in [0.1, 0.15) is 11.1 Å². The molecule has 1 atom stereocenters. The van der Waals surface area contributed by atoms with Crippen LogP contribution in [-0.2, 0) is 24.2 Å². The molecule has 0 saturated carbocycles. The second-order valence-corrected chi connectivity index (χ2v) is 9.95. The molecule has 0 saturated heterocycles. The number of benzene rings is 2. The van der Waals surface area contributed by atoms with Crippen molar-refractivity contribution in [1.29, 1.82) is 5.26 Å². The van der Waals surface area contributed by atoms with Gasteiger partial charge < -0.3 is 9.88 Å². The van der Waals surface area contributed by atoms with Crippen molar-refractivity contribution in [2.24, 2.45) is 0 Å². The lowest BCUT2D eigenvalue weighted by atomic mass is 9.95. The number of rotatable bonds is 6. The van der Waals surface area contributed by atoms with Gasteiger partial charge in [-0.15, -0.1) is 0 Å². The third kappa shape index (κ3) is 4.05. The Bertz CT molecular complexity index is 1430. The molecule has 1 amide bonds. The molecule has 5 rings (SSSR count). The Morgan fingerprint density at radius 3 is 2.71 bits per heavy atom. The van der Waals surface area contributed by atoms with Crippen LogP contribution in [0.25, 0.3) is 21.8 Å². The number of fused-ring (bicyclic) bond motifs is 4. The maximum atomic E-state index is 13.2. The van der Waals surface area contributed by atoms with Gasteiger partial charge in [-0.2, -0.15) is 5.26 Å². The van der Waals surface area contributed by atoms with Crippen LogP contribution >= 0.6 is 11.8 Å². The van der Waals surface area contributed by atoms with Crippen molar-refractivity contribution in [1.82, 2.24) is 9.55 Å². The standard InChI is InChI=1S/C28H28N4OS/c1-3-26(34-28-19(17-29)15-18-9-5-7-11-23(18)31-28)27(33)30-20-13-14-25-22(16-20)21-10-6-8-12-24(21)32(25)4-2/h6,8,10,12-16,26H,3-5,7,9,11H2,1-2H3,(H,30,33). The van der Waals surface area contributed by atoms with Gasteiger partial charge >= 0.3 is 0 Å². The number of nitrogens with zero attached hydrogens (tertiary/aromatic N) is 3. The number of nitrogens with one attached hydrogen (secondary N) is 1. The number of nitriles is 1. The highest BCUT2D eigenvalue weighted by Gasteiger charge is 2.23. The van der Waals surface area contributed by atoms with E-state index in [9.17, 15) is 10.1 Å². The Morgan fingerprint density at radius 2 is 1.91 bits per heavy atom. The molecule has 1 N–H and O–H groups in total. The molecular weight excluding hydrogens is 440 g/mol. The van der Waals surface area contributed by atoms with Crippen LogP contribution < -0.4 is 5.32 Å². The van der Waals surface area contributed by atoms with E-state index in [2.05, 4.69) is 59.3 Å². The first kappa shape index (κ1) is 22.5. The van der Waals surface area contributed by atoms with Crippen molar-refractivity contribution in [2.75, 3.05) is 5.32 Å². The lowest BCUT2D eigenvalue weighted by Gasteiger charge is -2.19. The van der Waals surface area contributed by atoms with Gasteiger partial charge in [0, 0.05) is 39.7 Å². The summed E-state index contributed by atoms with van der Waals surface area (Å²) in [6, 6.07) is 18.8. The zero-order valence-corrected chi connectivity index (χ0v) is 20.4. The Morgan fingerprint density at radius 1 is 1.12 bits per heavy atom. The lowest BCUT2D eigenvalue weighted by Crippen LogP contribution is -2.25. The number of hydrogen-bond donors (Lipinski definition) is 1. The highest BCUT2D eigenvalue weighted by molar-refractivity contribution is 8.00. The minimum absolute atomic E-state index is 0.0607. The molecule has 0 radical (unpaired) electrons. The van der Waals surface area contributed by atoms with Crippen molar-refractivity contribution in [2.45, 2.75) is 62.8 Å². The molecule has 2 heterocycles. The van der Waals surface area contributed by atoms with Gasteiger partial charge in [0.15, 0.2) is 0 Å². The third-order valence-corrected chi connectivity index (χ3v) is 8.03. The van der Waals surface area contributed by atoms with Crippen molar-refractivity contribution in [3.8, 4) is 6.07 Å². The van der Waals surface area contributed by atoms with Gasteiger partial charge in [-0.3, -0.25) is 4.79 Å². The molecule has 6 heteroatoms. The number of thioether (sulfide) groups is 1. The van der Waals surface area contributed by atoms with Gasteiger partial charge in [0.05, 0.1) is 10.8 Å². The highest BCUT2D eigenvalue weighted by atomic mass is 32.2. The molecule has 1 aliphatic rings. The first-order valence-corrected chi connectivity index (χ1v) is 12.9. The quantitative estimate of drug-likeness (QED) is 0.329. The fraction of sp³-hybridized carbons (Fsp3) is 0.321. The minimum atomic E-state index is -0.325. The molecule has 4 aromatic rings. The SMILES string of the molecule is CCC(Sc1nc2c(cc1C#N)CCCC2)C(=O)Nc1ccc2c(c1)c1ccccc1n2CC. The number of para-hydroxylation sites is 1. The summed E-state index contributed by atoms with van der Waals surface area (Å²) in [7, 11) is 0. The molecule has 1 aliphatic carbocycles. The van der Waals surface area contributed by atoms with E-state index in [-0.39, 0.29) is 11.2 Å². The third-order valence-electron chi connectivity index (χ3n) is 6.66. The van der Waals surface area contributed by atoms with E-state index in [0.29, 0.717) is 17.0 Å². The fourth-order valence-corrected chi connectivity index (χ4v) is 5.93. The Kier molecular flexibility index (Phi) is 6.30. The van der Waals surface area contributed by atoms with Crippen LogP contribution in [0.1, 0.15) is 49.9 Å². The zero-order chi connectivity index (χ0) is 23.7. The van der Waals surface area contributed by atoms with Gasteiger partial charge in [-0.05, 0) is 74.9 Å². The predicted octanol–water partition coefficient (Wildman–Crippen LogP) is 6.47. The van der Waals surface area contributed by atoms with Crippen LogP contribution in [0.4, 0.5) is 5.69 Å². The van der Waals surface area contributed by atoms with E-state index in [1.54, 1.807) is 0 Å². The van der Waals surface area contributed by atoms with Gasteiger partial charge in [-0.25, -0.2) is 4.98 Å². The Hall–Kier alpha value is -3.30. The minimum Gasteiger partial charge on any atom is -0.341 e. The first-order valence-electron chi connectivity index (χ1n) is 12.0. The van der Waals surface area contributed by atoms with Crippen molar-refractivity contribution < 1.29 is 4.79 Å². The van der Waals surface area contributed by atoms with Crippen LogP contribution in [0.5, 0.6) is 0 Å². The van der Waals surface area contributed by atoms with Gasteiger partial charge in [-0.1, -0.05) is 36.9 Å². The number of carbonyl (C=O) groups is 1. The van der Waals surface area contributed by atoms with E-state index in [4.69, 9.17) is 4.98 Å². The molecular formula is C28H28N4OS. The summed E-state index contributed by atoms with van der Waals surface area (Å²) in [5, 5.41) is 15.5. The van der Waals surface area contributed by atoms with Crippen LogP contribution in [0.15, 0.2) is 53.6 Å². The average Bonchev–Trinajstić information content (AvgIpc) is 3.19. The molecule has 0 bridgehead atoms. The molecule has 2 aromatic carbocycles. The second kappa shape index (κ2) is 9.52. The number of aryl methyl sites for hydroxylation is 3. The van der Waals surface area contributed by atoms with Crippen LogP contribution in [0.2, 0.25) is 0 Å². The van der Waals surface area contributed by atoms with Crippen LogP contribution in [-0.4, -0.2) is 20.7 Å². The first-order chi connectivity index (χ1) is 16.6. The summed E-state index contributed by atoms with van der Waals surface area (Å²) in [4.78, 5) is 18.1. The van der Waals surface area contributed by atoms with Gasteiger partial charge in [0.25, 0.3) is 0 Å². The smallest absolute Gasteiger partial charge is 0.237 e. The average molecular weight is 469 g/mol. The molecule has 0 fully saturated rings. The second-order valence-electron chi connectivity index (χ2n) is 8.76. The Balaban J connectivity index is 1.41. The van der Waals surface area contributed by atoms with E-state index >= 15 is 0 Å². The van der Waals surface area contributed by atoms with Crippen LogP contribution in [0.3, 0.4) is 0 Å². The van der Waals surface area contributed by atoms with E-state index in [1.807, 2.05) is 19.1 Å². The summed E-state index contributed by atoms with van der Waals surface area (Å²) in [5.41, 5.74) is 6.00. The number of hydrogen-bond acceptors (Lipinski definition) is 4. The normalized spacial score (nSPS) is 14.0. The van der Waals surface area contributed by atoms with E-state index < -0.39 is 0 Å². The topological polar surface area (TPSA) is 70.7 Å². The summed E-state index contributed by atoms with van der Waals surface area (Å²) in [6.07, 6.45) is 4.86.